The van der Waals surface area contributed by atoms with E-state index in [1.165, 1.54) is 4.90 Å². The molecule has 5 heteroatoms. The van der Waals surface area contributed by atoms with E-state index in [1.807, 2.05) is 66.7 Å². The van der Waals surface area contributed by atoms with Gasteiger partial charge < -0.3 is 4.79 Å². The molecule has 2 amide bonds. The van der Waals surface area contributed by atoms with E-state index >= 15 is 0 Å². The van der Waals surface area contributed by atoms with Crippen LogP contribution in [0.25, 0.3) is 0 Å². The second kappa shape index (κ2) is 6.13. The van der Waals surface area contributed by atoms with Crippen LogP contribution >= 0.6 is 22.6 Å². The number of hydrogen-bond acceptors (Lipinski definition) is 3. The standard InChI is InChI=1S/C26H18INO3/c1-25-17-9-2-4-11-19(17)26(14-29,20-12-5-3-10-18(20)25)22-21(25)23(30)28(24(22)31)16-8-6-7-15(27)13-16/h2-14,21-22H,1H3/t21-,22+,25?,26?/m1/s1. The Balaban J connectivity index is 1.70. The van der Waals surface area contributed by atoms with Crippen LogP contribution in [0, 0.1) is 15.4 Å². The third-order valence-electron chi connectivity index (χ3n) is 7.54. The molecule has 2 bridgehead atoms. The van der Waals surface area contributed by atoms with Crippen molar-refractivity contribution in [2.45, 2.75) is 17.8 Å². The minimum Gasteiger partial charge on any atom is -0.302 e. The molecule has 0 radical (unpaired) electrons. The maximum absolute atomic E-state index is 13.9. The summed E-state index contributed by atoms with van der Waals surface area (Å²) in [7, 11) is 0. The van der Waals surface area contributed by atoms with Gasteiger partial charge >= 0.3 is 0 Å². The summed E-state index contributed by atoms with van der Waals surface area (Å²) in [4.78, 5) is 42.1. The number of anilines is 1. The molecule has 4 nitrogen and oxygen atoms in total. The summed E-state index contributed by atoms with van der Waals surface area (Å²) in [5, 5.41) is 0. The molecular formula is C26H18INO3. The number of carbonyl (C=O) groups excluding carboxylic acids is 3. The number of aldehydes is 1. The first-order valence-electron chi connectivity index (χ1n) is 10.3. The zero-order chi connectivity index (χ0) is 21.5. The van der Waals surface area contributed by atoms with Crippen molar-refractivity contribution in [2.75, 3.05) is 4.90 Å². The van der Waals surface area contributed by atoms with Crippen LogP contribution in [0.3, 0.4) is 0 Å². The van der Waals surface area contributed by atoms with Crippen molar-refractivity contribution in [3.63, 3.8) is 0 Å². The smallest absolute Gasteiger partial charge is 0.239 e. The van der Waals surface area contributed by atoms with Gasteiger partial charge in [-0.15, -0.1) is 0 Å². The minimum absolute atomic E-state index is 0.227. The maximum Gasteiger partial charge on any atom is 0.239 e. The summed E-state index contributed by atoms with van der Waals surface area (Å²) in [6, 6.07) is 23.0. The van der Waals surface area contributed by atoms with E-state index < -0.39 is 22.7 Å². The lowest BCUT2D eigenvalue weighted by molar-refractivity contribution is -0.129. The van der Waals surface area contributed by atoms with Crippen molar-refractivity contribution in [1.29, 1.82) is 0 Å². The molecule has 31 heavy (non-hydrogen) atoms. The first kappa shape index (κ1) is 18.9. The molecule has 0 saturated carbocycles. The average Bonchev–Trinajstić information content (AvgIpc) is 3.06. The highest BCUT2D eigenvalue weighted by Crippen LogP contribution is 2.66. The molecule has 2 atom stereocenters. The molecule has 3 aromatic rings. The third-order valence-corrected chi connectivity index (χ3v) is 8.21. The zero-order valence-corrected chi connectivity index (χ0v) is 18.9. The van der Waals surface area contributed by atoms with Crippen LogP contribution in [-0.4, -0.2) is 18.1 Å². The molecule has 1 saturated heterocycles. The van der Waals surface area contributed by atoms with Gasteiger partial charge in [-0.05, 0) is 63.0 Å². The number of benzene rings is 3. The number of rotatable bonds is 2. The van der Waals surface area contributed by atoms with Gasteiger partial charge in [-0.3, -0.25) is 9.59 Å². The van der Waals surface area contributed by atoms with E-state index in [2.05, 4.69) is 29.5 Å². The first-order chi connectivity index (χ1) is 15.0. The van der Waals surface area contributed by atoms with Crippen molar-refractivity contribution in [3.8, 4) is 0 Å². The molecule has 4 aliphatic rings. The lowest BCUT2D eigenvalue weighted by atomic mass is 9.42. The molecule has 0 aromatic heterocycles. The Morgan fingerprint density at radius 1 is 0.806 bits per heavy atom. The molecule has 1 aliphatic heterocycles. The monoisotopic (exact) mass is 519 g/mol. The Labute approximate surface area is 193 Å². The van der Waals surface area contributed by atoms with Crippen LogP contribution in [0.15, 0.2) is 72.8 Å². The normalized spacial score (nSPS) is 30.1. The van der Waals surface area contributed by atoms with Gasteiger partial charge in [0.25, 0.3) is 0 Å². The molecule has 3 aromatic carbocycles. The van der Waals surface area contributed by atoms with Gasteiger partial charge in [0.15, 0.2) is 0 Å². The van der Waals surface area contributed by atoms with E-state index in [0.717, 1.165) is 32.1 Å². The van der Waals surface area contributed by atoms with Crippen LogP contribution in [0.5, 0.6) is 0 Å². The second-order valence-electron chi connectivity index (χ2n) is 8.73. The van der Waals surface area contributed by atoms with Crippen molar-refractivity contribution >= 4 is 46.4 Å². The van der Waals surface area contributed by atoms with Gasteiger partial charge in [-0.1, -0.05) is 61.5 Å². The summed E-state index contributed by atoms with van der Waals surface area (Å²) < 4.78 is 0.941. The van der Waals surface area contributed by atoms with Gasteiger partial charge in [0.05, 0.1) is 22.9 Å². The highest BCUT2D eigenvalue weighted by Gasteiger charge is 2.72. The van der Waals surface area contributed by atoms with Crippen LogP contribution in [-0.2, 0) is 25.2 Å². The van der Waals surface area contributed by atoms with Crippen molar-refractivity contribution in [3.05, 3.63) is 98.6 Å². The SMILES string of the molecule is CC12c3ccccc3C(C=O)(c3ccccc31)[C@@H]1C(=O)N(c3cccc(I)c3)C(=O)[C@@H]12. The Hall–Kier alpha value is -2.80. The Morgan fingerprint density at radius 3 is 1.90 bits per heavy atom. The molecule has 1 fully saturated rings. The van der Waals surface area contributed by atoms with Gasteiger partial charge in [0.2, 0.25) is 11.8 Å². The lowest BCUT2D eigenvalue weighted by Crippen LogP contribution is -2.61. The Kier molecular flexibility index (Phi) is 3.74. The number of nitrogens with zero attached hydrogens (tertiary/aromatic N) is 1. The minimum atomic E-state index is -1.17. The zero-order valence-electron chi connectivity index (χ0n) is 16.7. The van der Waals surface area contributed by atoms with Crippen molar-refractivity contribution < 1.29 is 14.4 Å². The third kappa shape index (κ3) is 2.03. The quantitative estimate of drug-likeness (QED) is 0.290. The van der Waals surface area contributed by atoms with E-state index in [-0.39, 0.29) is 11.8 Å². The van der Waals surface area contributed by atoms with Crippen LogP contribution < -0.4 is 4.90 Å². The number of hydrogen-bond donors (Lipinski definition) is 0. The van der Waals surface area contributed by atoms with E-state index in [1.54, 1.807) is 6.07 Å². The predicted molar refractivity (Wildman–Crippen MR) is 125 cm³/mol. The van der Waals surface area contributed by atoms with E-state index in [0.29, 0.717) is 5.69 Å². The highest BCUT2D eigenvalue weighted by molar-refractivity contribution is 14.1. The molecular weight excluding hydrogens is 501 g/mol. The topological polar surface area (TPSA) is 54.5 Å². The number of halogens is 1. The summed E-state index contributed by atoms with van der Waals surface area (Å²) in [6.07, 6.45) is 0.907. The summed E-state index contributed by atoms with van der Waals surface area (Å²) in [5.41, 5.74) is 2.33. The Morgan fingerprint density at radius 2 is 1.35 bits per heavy atom. The number of imide groups is 1. The van der Waals surface area contributed by atoms with Gasteiger partial charge in [0.1, 0.15) is 6.29 Å². The van der Waals surface area contributed by atoms with Gasteiger partial charge in [-0.2, -0.15) is 0 Å². The maximum atomic E-state index is 13.9. The largest absolute Gasteiger partial charge is 0.302 e. The Bertz CT molecular complexity index is 1270. The average molecular weight is 519 g/mol. The lowest BCUT2D eigenvalue weighted by Gasteiger charge is -2.56. The van der Waals surface area contributed by atoms with Crippen LogP contribution in [0.1, 0.15) is 29.2 Å². The molecule has 0 spiro atoms. The first-order valence-corrected chi connectivity index (χ1v) is 11.3. The van der Waals surface area contributed by atoms with E-state index in [9.17, 15) is 14.4 Å². The summed E-state index contributed by atoms with van der Waals surface area (Å²) in [6.45, 7) is 2.06. The molecule has 1 heterocycles. The molecule has 3 aliphatic carbocycles. The second-order valence-corrected chi connectivity index (χ2v) is 9.97. The fourth-order valence-electron chi connectivity index (χ4n) is 6.33. The van der Waals surface area contributed by atoms with Gasteiger partial charge in [0, 0.05) is 8.99 Å². The molecule has 0 unspecified atom stereocenters. The number of carbonyl (C=O) groups is 3. The summed E-state index contributed by atoms with van der Waals surface area (Å²) >= 11 is 2.18. The van der Waals surface area contributed by atoms with Crippen LogP contribution in [0.2, 0.25) is 0 Å². The highest BCUT2D eigenvalue weighted by atomic mass is 127. The van der Waals surface area contributed by atoms with Gasteiger partial charge in [-0.25, -0.2) is 4.90 Å². The molecule has 0 N–H and O–H groups in total. The fourth-order valence-corrected chi connectivity index (χ4v) is 6.86. The molecule has 152 valence electrons. The number of amides is 2. The van der Waals surface area contributed by atoms with Crippen LogP contribution in [0.4, 0.5) is 5.69 Å². The van der Waals surface area contributed by atoms with Crippen molar-refractivity contribution in [2.24, 2.45) is 11.8 Å². The fraction of sp³-hybridized carbons (Fsp3) is 0.192. The summed E-state index contributed by atoms with van der Waals surface area (Å²) in [5.74, 6) is -1.91. The predicted octanol–water partition coefficient (Wildman–Crippen LogP) is 4.22. The molecule has 7 rings (SSSR count). The van der Waals surface area contributed by atoms with Crippen molar-refractivity contribution in [1.82, 2.24) is 0 Å². The van der Waals surface area contributed by atoms with E-state index in [4.69, 9.17) is 0 Å².